The van der Waals surface area contributed by atoms with Gasteiger partial charge < -0.3 is 30.5 Å². The maximum atomic E-state index is 11.9. The van der Waals surface area contributed by atoms with Crippen LogP contribution in [0.2, 0.25) is 0 Å². The van der Waals surface area contributed by atoms with Gasteiger partial charge in [-0.15, -0.1) is 11.3 Å². The van der Waals surface area contributed by atoms with Gasteiger partial charge in [-0.2, -0.15) is 0 Å². The van der Waals surface area contributed by atoms with Crippen molar-refractivity contribution in [1.82, 2.24) is 4.98 Å². The third-order valence-electron chi connectivity index (χ3n) is 7.87. The lowest BCUT2D eigenvalue weighted by Crippen LogP contribution is -2.27. The third-order valence-corrected chi connectivity index (χ3v) is 8.74. The van der Waals surface area contributed by atoms with E-state index in [1.54, 1.807) is 123 Å². The molecule has 16 nitrogen and oxygen atoms in total. The Balaban J connectivity index is 0.000000256. The maximum absolute atomic E-state index is 11.9. The third kappa shape index (κ3) is 22.0. The Bertz CT molecular complexity index is 2240. The average Bonchev–Trinajstić information content (AvgIpc) is 3.72. The number of nitrogens with one attached hydrogen (secondary N) is 6. The number of aromatic nitrogens is 1. The quantitative estimate of drug-likeness (QED) is 0.0553. The fraction of sp³-hybridized carbons (Fsp3) is 0.298. The Morgan fingerprint density at radius 2 is 1.03 bits per heavy atom. The number of benzene rings is 3. The summed E-state index contributed by atoms with van der Waals surface area (Å²) in [5.74, 6) is -0.325. The van der Waals surface area contributed by atoms with Gasteiger partial charge in [0.1, 0.15) is 11.2 Å². The van der Waals surface area contributed by atoms with Crippen LogP contribution < -0.4 is 31.9 Å². The molecular formula is C47H57N7O9S. The standard InChI is InChI=1S/C17H20N2O3S.C17H26N2O3.C13H11N3O3/c1-17(2,3)22-16(21)19-13-8-6-12(7-9-13)18-15(20)11-14-5-4-10-23-14;1-5-6-7-8-15(20)18-13-9-11-14(12-10-13)19-16(21)22-17(2,3)4;17-12(9-2-1-7-14-8-9)15-10-3-5-11(6-4-10)16-13(18)19/h4-10H,11H2,1-3H3,(H,18,20)(H,19,21);9-12H,5-8H2,1-4H3,(H,18,20)(H,19,21);1-8,16H,(H,15,17)(H,18,19). The molecule has 0 saturated heterocycles. The zero-order valence-corrected chi connectivity index (χ0v) is 37.9. The van der Waals surface area contributed by atoms with E-state index in [4.69, 9.17) is 14.6 Å². The molecule has 7 N–H and O–H groups in total. The van der Waals surface area contributed by atoms with Gasteiger partial charge in [-0.1, -0.05) is 25.8 Å². The van der Waals surface area contributed by atoms with Crippen LogP contribution in [-0.2, 0) is 25.5 Å². The van der Waals surface area contributed by atoms with Crippen molar-refractivity contribution >= 4 is 81.5 Å². The lowest BCUT2D eigenvalue weighted by Gasteiger charge is -2.19. The molecule has 0 saturated carbocycles. The molecule has 0 spiro atoms. The van der Waals surface area contributed by atoms with Gasteiger partial charge in [0.2, 0.25) is 11.8 Å². The van der Waals surface area contributed by atoms with E-state index in [0.717, 1.165) is 29.8 Å². The second-order valence-electron chi connectivity index (χ2n) is 15.9. The van der Waals surface area contributed by atoms with Crippen LogP contribution in [-0.4, -0.2) is 57.3 Å². The second kappa shape index (κ2) is 25.6. The maximum Gasteiger partial charge on any atom is 0.412 e. The van der Waals surface area contributed by atoms with Crippen molar-refractivity contribution in [2.24, 2.45) is 0 Å². The van der Waals surface area contributed by atoms with E-state index in [-0.39, 0.29) is 17.7 Å². The van der Waals surface area contributed by atoms with Gasteiger partial charge in [-0.25, -0.2) is 14.4 Å². The highest BCUT2D eigenvalue weighted by Crippen LogP contribution is 2.19. The molecule has 6 amide bonds. The summed E-state index contributed by atoms with van der Waals surface area (Å²) in [4.78, 5) is 74.0. The van der Waals surface area contributed by atoms with Crippen molar-refractivity contribution in [3.63, 3.8) is 0 Å². The van der Waals surface area contributed by atoms with E-state index in [2.05, 4.69) is 43.8 Å². The fourth-order valence-electron chi connectivity index (χ4n) is 5.11. The lowest BCUT2D eigenvalue weighted by molar-refractivity contribution is -0.116. The van der Waals surface area contributed by atoms with Crippen LogP contribution in [0.25, 0.3) is 0 Å². The first-order valence-corrected chi connectivity index (χ1v) is 21.3. The van der Waals surface area contributed by atoms with Crippen LogP contribution >= 0.6 is 11.3 Å². The van der Waals surface area contributed by atoms with Crippen molar-refractivity contribution in [3.05, 3.63) is 125 Å². The van der Waals surface area contributed by atoms with E-state index in [1.165, 1.54) is 6.20 Å². The largest absolute Gasteiger partial charge is 0.465 e. The highest BCUT2D eigenvalue weighted by molar-refractivity contribution is 7.10. The molecule has 0 fully saturated rings. The van der Waals surface area contributed by atoms with Gasteiger partial charge in [0.15, 0.2) is 0 Å². The van der Waals surface area contributed by atoms with Crippen LogP contribution in [0.5, 0.6) is 0 Å². The van der Waals surface area contributed by atoms with Crippen molar-refractivity contribution in [3.8, 4) is 0 Å². The molecular weight excluding hydrogens is 839 g/mol. The highest BCUT2D eigenvalue weighted by Gasteiger charge is 2.17. The summed E-state index contributed by atoms with van der Waals surface area (Å²) in [7, 11) is 0. The Morgan fingerprint density at radius 3 is 1.44 bits per heavy atom. The number of hydrogen-bond donors (Lipinski definition) is 7. The van der Waals surface area contributed by atoms with Crippen LogP contribution in [0.4, 0.5) is 48.5 Å². The molecule has 2 aromatic heterocycles. The zero-order chi connectivity index (χ0) is 47.1. The molecule has 0 atom stereocenters. The Kier molecular flexibility index (Phi) is 20.4. The molecule has 5 rings (SSSR count). The van der Waals surface area contributed by atoms with Gasteiger partial charge in [0.05, 0.1) is 12.0 Å². The number of carboxylic acid groups (broad SMARTS) is 1. The summed E-state index contributed by atoms with van der Waals surface area (Å²) in [6, 6.07) is 27.4. The molecule has 5 aromatic rings. The minimum atomic E-state index is -1.13. The van der Waals surface area contributed by atoms with Crippen molar-refractivity contribution < 1.29 is 43.3 Å². The van der Waals surface area contributed by atoms with Crippen molar-refractivity contribution in [1.29, 1.82) is 0 Å². The first-order valence-electron chi connectivity index (χ1n) is 20.4. The van der Waals surface area contributed by atoms with Crippen LogP contribution in [0.15, 0.2) is 115 Å². The summed E-state index contributed by atoms with van der Waals surface area (Å²) in [5.41, 5.74) is 3.02. The molecule has 0 bridgehead atoms. The average molecular weight is 896 g/mol. The summed E-state index contributed by atoms with van der Waals surface area (Å²) in [6.07, 6.45) is 4.87. The molecule has 64 heavy (non-hydrogen) atoms. The fourth-order valence-corrected chi connectivity index (χ4v) is 5.82. The molecule has 3 aromatic carbocycles. The van der Waals surface area contributed by atoms with E-state index in [0.29, 0.717) is 46.8 Å². The molecule has 0 radical (unpaired) electrons. The molecule has 0 aliphatic heterocycles. The highest BCUT2D eigenvalue weighted by atomic mass is 32.1. The topological polar surface area (TPSA) is 226 Å². The smallest absolute Gasteiger partial charge is 0.412 e. The molecule has 17 heteroatoms. The number of carbonyl (C=O) groups excluding carboxylic acids is 5. The first-order chi connectivity index (χ1) is 30.3. The number of anilines is 6. The Morgan fingerprint density at radius 1 is 0.578 bits per heavy atom. The number of pyridine rings is 1. The summed E-state index contributed by atoms with van der Waals surface area (Å²) in [5, 5.41) is 26.3. The number of rotatable bonds is 13. The van der Waals surface area contributed by atoms with E-state index >= 15 is 0 Å². The zero-order valence-electron chi connectivity index (χ0n) is 37.1. The van der Waals surface area contributed by atoms with Crippen LogP contribution in [0, 0.1) is 0 Å². The molecule has 0 unspecified atom stereocenters. The first kappa shape index (κ1) is 51.1. The number of ether oxygens (including phenoxy) is 2. The molecule has 340 valence electrons. The van der Waals surface area contributed by atoms with E-state index < -0.39 is 29.5 Å². The normalized spacial score (nSPS) is 10.5. The molecule has 0 aliphatic carbocycles. The number of carbonyl (C=O) groups is 6. The number of amides is 6. The Hall–Kier alpha value is -7.27. The molecule has 0 aliphatic rings. The van der Waals surface area contributed by atoms with Gasteiger partial charge in [-0.05, 0) is 144 Å². The van der Waals surface area contributed by atoms with Gasteiger partial charge in [0, 0.05) is 57.8 Å². The van der Waals surface area contributed by atoms with E-state index in [1.807, 2.05) is 38.3 Å². The van der Waals surface area contributed by atoms with E-state index in [9.17, 15) is 28.8 Å². The summed E-state index contributed by atoms with van der Waals surface area (Å²) in [6.45, 7) is 12.9. The lowest BCUT2D eigenvalue weighted by atomic mass is 10.2. The van der Waals surface area contributed by atoms with Gasteiger partial charge >= 0.3 is 18.3 Å². The number of nitrogens with zero attached hydrogens (tertiary/aromatic N) is 1. The Labute approximate surface area is 377 Å². The number of hydrogen-bond acceptors (Lipinski definition) is 10. The van der Waals surface area contributed by atoms with Crippen molar-refractivity contribution in [2.75, 3.05) is 31.9 Å². The van der Waals surface area contributed by atoms with Gasteiger partial charge in [0.25, 0.3) is 5.91 Å². The summed E-state index contributed by atoms with van der Waals surface area (Å²) >= 11 is 1.55. The minimum Gasteiger partial charge on any atom is -0.465 e. The minimum absolute atomic E-state index is 0.0151. The predicted octanol–water partition coefficient (Wildman–Crippen LogP) is 11.3. The number of unbranched alkanes of at least 4 members (excludes halogenated alkanes) is 2. The van der Waals surface area contributed by atoms with Gasteiger partial charge in [-0.3, -0.25) is 35.3 Å². The predicted molar refractivity (Wildman–Crippen MR) is 252 cm³/mol. The monoisotopic (exact) mass is 895 g/mol. The summed E-state index contributed by atoms with van der Waals surface area (Å²) < 4.78 is 10.3. The van der Waals surface area contributed by atoms with Crippen LogP contribution in [0.3, 0.4) is 0 Å². The van der Waals surface area contributed by atoms with Crippen LogP contribution in [0.1, 0.15) is 89.4 Å². The SMILES string of the molecule is CC(C)(C)OC(=O)Nc1ccc(NC(=O)Cc2cccs2)cc1.CCCCCC(=O)Nc1ccc(NC(=O)OC(C)(C)C)cc1.O=C(O)Nc1ccc(NC(=O)c2cccnc2)cc1. The second-order valence-corrected chi connectivity index (χ2v) is 17.0. The van der Waals surface area contributed by atoms with Crippen molar-refractivity contribution in [2.45, 2.75) is 91.8 Å². The molecule has 2 heterocycles. The number of thiophene rings is 1.